The number of nitrogens with one attached hydrogen (secondary N) is 1. The predicted octanol–water partition coefficient (Wildman–Crippen LogP) is -1.15. The molecule has 5 N–H and O–H groups in total. The van der Waals surface area contributed by atoms with Gasteiger partial charge in [-0.25, -0.2) is 4.98 Å². The molecule has 1 unspecified atom stereocenters. The molecule has 2 aromatic heterocycles. The van der Waals surface area contributed by atoms with E-state index in [1.807, 2.05) is 0 Å². The number of rotatable bonds is 2. The zero-order valence-corrected chi connectivity index (χ0v) is 12.2. The Balaban J connectivity index is 1.69. The third-order valence-corrected chi connectivity index (χ3v) is 4.33. The Labute approximate surface area is 129 Å². The van der Waals surface area contributed by atoms with Gasteiger partial charge < -0.3 is 25.4 Å². The summed E-state index contributed by atoms with van der Waals surface area (Å²) >= 11 is 0. The molecule has 4 heterocycles. The number of nitrogens with two attached hydrogens (primary N) is 1. The Hall–Kier alpha value is -2.01. The molecule has 10 nitrogen and oxygen atoms in total. The largest absolute Gasteiger partial charge is 0.390 e. The Kier molecular flexibility index (Phi) is 3.17. The molecule has 0 spiro atoms. The number of aliphatic hydroxyl groups is 2. The second-order valence-corrected chi connectivity index (χ2v) is 5.89. The Morgan fingerprint density at radius 1 is 1.52 bits per heavy atom. The number of imidazole rings is 1. The molecule has 124 valence electrons. The Morgan fingerprint density at radius 3 is 3.09 bits per heavy atom. The molecule has 0 bridgehead atoms. The van der Waals surface area contributed by atoms with Crippen molar-refractivity contribution in [3.63, 3.8) is 0 Å². The van der Waals surface area contributed by atoms with Crippen LogP contribution in [0.3, 0.4) is 0 Å². The van der Waals surface area contributed by atoms with Gasteiger partial charge in [-0.1, -0.05) is 0 Å². The number of aliphatic hydroxyl groups excluding tert-OH is 1. The van der Waals surface area contributed by atoms with Gasteiger partial charge >= 0.3 is 0 Å². The lowest BCUT2D eigenvalue weighted by Crippen LogP contribution is -2.47. The summed E-state index contributed by atoms with van der Waals surface area (Å²) in [6, 6.07) is 0. The van der Waals surface area contributed by atoms with Crippen molar-refractivity contribution in [3.05, 3.63) is 16.7 Å². The van der Waals surface area contributed by atoms with E-state index in [4.69, 9.17) is 15.2 Å². The van der Waals surface area contributed by atoms with E-state index in [-0.39, 0.29) is 23.5 Å². The molecule has 0 saturated carbocycles. The van der Waals surface area contributed by atoms with Crippen molar-refractivity contribution in [3.8, 4) is 0 Å². The number of aromatic nitrogens is 4. The molecule has 4 rings (SSSR count). The summed E-state index contributed by atoms with van der Waals surface area (Å²) in [6.07, 6.45) is 0.335. The maximum absolute atomic E-state index is 11.8. The third kappa shape index (κ3) is 2.22. The summed E-state index contributed by atoms with van der Waals surface area (Å²) < 4.78 is 12.7. The molecule has 2 fully saturated rings. The lowest BCUT2D eigenvalue weighted by atomic mass is 10.0. The number of nitrogens with zero attached hydrogens (tertiary/aromatic N) is 3. The van der Waals surface area contributed by atoms with Gasteiger partial charge in [0.15, 0.2) is 17.0 Å². The fourth-order valence-electron chi connectivity index (χ4n) is 3.26. The summed E-state index contributed by atoms with van der Waals surface area (Å²) in [4.78, 5) is 22.3. The Morgan fingerprint density at radius 2 is 2.35 bits per heavy atom. The van der Waals surface area contributed by atoms with Crippen LogP contribution in [0.4, 0.5) is 5.95 Å². The molecule has 0 radical (unpaired) electrons. The molecule has 23 heavy (non-hydrogen) atoms. The molecule has 0 aromatic carbocycles. The first kappa shape index (κ1) is 14.6. The number of hydrogen-bond donors (Lipinski definition) is 4. The third-order valence-electron chi connectivity index (χ3n) is 4.33. The van der Waals surface area contributed by atoms with Gasteiger partial charge in [-0.3, -0.25) is 14.3 Å². The van der Waals surface area contributed by atoms with E-state index >= 15 is 0 Å². The average Bonchev–Trinajstić information content (AvgIpc) is 3.17. The monoisotopic (exact) mass is 323 g/mol. The average molecular weight is 323 g/mol. The molecule has 10 heteroatoms. The van der Waals surface area contributed by atoms with Crippen LogP contribution in [0.1, 0.15) is 25.5 Å². The molecule has 0 aliphatic carbocycles. The molecule has 2 aliphatic heterocycles. The van der Waals surface area contributed by atoms with Crippen LogP contribution >= 0.6 is 0 Å². The standard InChI is InChI=1S/C13H17N5O5/c14-12-16-10-8(11(20)17-12)15-5-18(10)7-4-6(19)9(23-7)13(21)2-1-3-22-13/h5-7,9,19,21H,1-4H2,(H3,14,16,17,20)/t6-,7+,9-,13?/m0/s1. The first-order chi connectivity index (χ1) is 11.0. The lowest BCUT2D eigenvalue weighted by Gasteiger charge is -2.30. The van der Waals surface area contributed by atoms with Crippen molar-refractivity contribution < 1.29 is 19.7 Å². The first-order valence-electron chi connectivity index (χ1n) is 7.40. The quantitative estimate of drug-likeness (QED) is 0.541. The highest BCUT2D eigenvalue weighted by molar-refractivity contribution is 5.70. The predicted molar refractivity (Wildman–Crippen MR) is 77.2 cm³/mol. The van der Waals surface area contributed by atoms with Crippen LogP contribution < -0.4 is 11.3 Å². The summed E-state index contributed by atoms with van der Waals surface area (Å²) in [6.45, 7) is 0.426. The summed E-state index contributed by atoms with van der Waals surface area (Å²) in [5.74, 6) is -1.52. The fraction of sp³-hybridized carbons (Fsp3) is 0.615. The zero-order valence-electron chi connectivity index (χ0n) is 12.2. The minimum Gasteiger partial charge on any atom is -0.390 e. The van der Waals surface area contributed by atoms with E-state index < -0.39 is 29.8 Å². The molecular weight excluding hydrogens is 306 g/mol. The normalized spacial score (nSPS) is 34.4. The lowest BCUT2D eigenvalue weighted by molar-refractivity contribution is -0.255. The minimum absolute atomic E-state index is 0.0305. The molecular formula is C13H17N5O5. The smallest absolute Gasteiger partial charge is 0.280 e. The van der Waals surface area contributed by atoms with Crippen LogP contribution in [0.15, 0.2) is 11.1 Å². The maximum atomic E-state index is 11.8. The highest BCUT2D eigenvalue weighted by Gasteiger charge is 2.51. The minimum atomic E-state index is -1.49. The SMILES string of the molecule is Nc1nc2c(ncn2[C@H]2C[C@H](O)[C@@H](C3(O)CCCO3)O2)c(=O)[nH]1. The highest BCUT2D eigenvalue weighted by Crippen LogP contribution is 2.39. The number of anilines is 1. The fourth-order valence-corrected chi connectivity index (χ4v) is 3.26. The van der Waals surface area contributed by atoms with Gasteiger partial charge in [0.2, 0.25) is 5.95 Å². The van der Waals surface area contributed by atoms with E-state index in [9.17, 15) is 15.0 Å². The van der Waals surface area contributed by atoms with Crippen LogP contribution in [-0.4, -0.2) is 54.3 Å². The second-order valence-electron chi connectivity index (χ2n) is 5.89. The van der Waals surface area contributed by atoms with Gasteiger partial charge in [-0.2, -0.15) is 4.98 Å². The highest BCUT2D eigenvalue weighted by atomic mass is 16.7. The van der Waals surface area contributed by atoms with E-state index in [0.717, 1.165) is 0 Å². The maximum Gasteiger partial charge on any atom is 0.280 e. The topological polar surface area (TPSA) is 149 Å². The number of ether oxygens (including phenoxy) is 2. The van der Waals surface area contributed by atoms with Crippen molar-refractivity contribution >= 4 is 17.1 Å². The number of aromatic amines is 1. The van der Waals surface area contributed by atoms with E-state index in [0.29, 0.717) is 19.4 Å². The van der Waals surface area contributed by atoms with Gasteiger partial charge in [0.05, 0.1) is 19.0 Å². The van der Waals surface area contributed by atoms with Crippen LogP contribution in [-0.2, 0) is 9.47 Å². The van der Waals surface area contributed by atoms with Crippen molar-refractivity contribution in [2.24, 2.45) is 0 Å². The molecule has 2 aliphatic rings. The summed E-state index contributed by atoms with van der Waals surface area (Å²) in [5.41, 5.74) is 5.53. The number of hydrogen-bond acceptors (Lipinski definition) is 8. The zero-order chi connectivity index (χ0) is 16.2. The van der Waals surface area contributed by atoms with Gasteiger partial charge in [-0.05, 0) is 6.42 Å². The van der Waals surface area contributed by atoms with Crippen LogP contribution in [0.2, 0.25) is 0 Å². The number of fused-ring (bicyclic) bond motifs is 1. The first-order valence-corrected chi connectivity index (χ1v) is 7.40. The van der Waals surface area contributed by atoms with Crippen molar-refractivity contribution in [2.45, 2.75) is 43.5 Å². The number of H-pyrrole nitrogens is 1. The molecule has 2 saturated heterocycles. The van der Waals surface area contributed by atoms with Crippen molar-refractivity contribution in [1.82, 2.24) is 19.5 Å². The molecule has 2 aromatic rings. The van der Waals surface area contributed by atoms with Crippen LogP contribution in [0.25, 0.3) is 11.2 Å². The van der Waals surface area contributed by atoms with E-state index in [2.05, 4.69) is 15.0 Å². The summed E-state index contributed by atoms with van der Waals surface area (Å²) in [7, 11) is 0. The molecule has 4 atom stereocenters. The summed E-state index contributed by atoms with van der Waals surface area (Å²) in [5, 5.41) is 20.7. The van der Waals surface area contributed by atoms with Gasteiger partial charge in [0.25, 0.3) is 5.56 Å². The van der Waals surface area contributed by atoms with Gasteiger partial charge in [0, 0.05) is 12.8 Å². The van der Waals surface area contributed by atoms with E-state index in [1.54, 1.807) is 0 Å². The second kappa shape index (κ2) is 4.99. The van der Waals surface area contributed by atoms with Crippen molar-refractivity contribution in [2.75, 3.05) is 12.3 Å². The van der Waals surface area contributed by atoms with Gasteiger partial charge in [-0.15, -0.1) is 0 Å². The van der Waals surface area contributed by atoms with Crippen LogP contribution in [0, 0.1) is 0 Å². The van der Waals surface area contributed by atoms with Crippen molar-refractivity contribution in [1.29, 1.82) is 0 Å². The number of nitrogen functional groups attached to an aromatic ring is 1. The Bertz CT molecular complexity index is 796. The van der Waals surface area contributed by atoms with E-state index in [1.165, 1.54) is 10.9 Å². The van der Waals surface area contributed by atoms with Gasteiger partial charge in [0.1, 0.15) is 12.3 Å². The molecule has 0 amide bonds. The van der Waals surface area contributed by atoms with Crippen LogP contribution in [0.5, 0.6) is 0 Å².